The molecule has 362 valence electrons. The molecular formula is C52H43N9O8S3. The molecule has 2 aromatic heterocycles. The van der Waals surface area contributed by atoms with Gasteiger partial charge < -0.3 is 25.9 Å². The van der Waals surface area contributed by atoms with E-state index in [0.717, 1.165) is 21.3 Å². The molecule has 1 saturated heterocycles. The zero-order valence-corrected chi connectivity index (χ0v) is 40.6. The van der Waals surface area contributed by atoms with Gasteiger partial charge in [0.25, 0.3) is 11.8 Å². The average molecular weight is 1020 g/mol. The molecule has 2 atom stereocenters. The number of aromatic nitrogens is 4. The number of β-lactam (4-membered cyclic amide) rings is 1. The van der Waals surface area contributed by atoms with Crippen molar-refractivity contribution in [2.45, 2.75) is 36.0 Å². The smallest absolute Gasteiger partial charge is 0.356 e. The largest absolute Gasteiger partial charge is 0.448 e. The Morgan fingerprint density at radius 3 is 1.92 bits per heavy atom. The van der Waals surface area contributed by atoms with Crippen LogP contribution in [0.25, 0.3) is 0 Å². The van der Waals surface area contributed by atoms with Crippen LogP contribution in [0.3, 0.4) is 0 Å². The summed E-state index contributed by atoms with van der Waals surface area (Å²) in [5.74, 6) is -3.36. The summed E-state index contributed by atoms with van der Waals surface area (Å²) in [5.41, 5.74) is 6.54. The third-order valence-electron chi connectivity index (χ3n) is 11.9. The first-order valence-corrected chi connectivity index (χ1v) is 24.6. The van der Waals surface area contributed by atoms with Gasteiger partial charge in [0.2, 0.25) is 5.91 Å². The molecule has 17 nitrogen and oxygen atoms in total. The van der Waals surface area contributed by atoms with Crippen LogP contribution in [0.15, 0.2) is 183 Å². The number of H-pyrrole nitrogens is 1. The van der Waals surface area contributed by atoms with Gasteiger partial charge in [0.15, 0.2) is 22.8 Å². The summed E-state index contributed by atoms with van der Waals surface area (Å²) < 4.78 is 7.06. The van der Waals surface area contributed by atoms with Crippen molar-refractivity contribution in [1.82, 2.24) is 30.0 Å². The average Bonchev–Trinajstić information content (AvgIpc) is 3.88. The molecular weight excluding hydrogens is 975 g/mol. The Morgan fingerprint density at radius 1 is 0.847 bits per heavy atom. The number of hydrogen-bond donors (Lipinski definition) is 4. The predicted octanol–water partition coefficient (Wildman–Crippen LogP) is 5.42. The molecule has 5 aromatic carbocycles. The van der Waals surface area contributed by atoms with Crippen LogP contribution in [0.1, 0.15) is 51.9 Å². The first-order valence-electron chi connectivity index (χ1n) is 22.3. The minimum absolute atomic E-state index is 0.0458. The van der Waals surface area contributed by atoms with Crippen molar-refractivity contribution in [3.8, 4) is 0 Å². The second kappa shape index (κ2) is 21.3. The number of hydrogen-bond acceptors (Lipinski definition) is 15. The summed E-state index contributed by atoms with van der Waals surface area (Å²) >= 11 is 8.23. The fourth-order valence-electron chi connectivity index (χ4n) is 8.66. The number of esters is 1. The van der Waals surface area contributed by atoms with Crippen LogP contribution in [0.4, 0.5) is 5.13 Å². The quantitative estimate of drug-likeness (QED) is 0.0123. The van der Waals surface area contributed by atoms with Crippen LogP contribution >= 0.6 is 35.3 Å². The van der Waals surface area contributed by atoms with Gasteiger partial charge in [-0.2, -0.15) is 5.10 Å². The van der Waals surface area contributed by atoms with Crippen LogP contribution in [-0.4, -0.2) is 83.2 Å². The van der Waals surface area contributed by atoms with Gasteiger partial charge >= 0.3 is 17.1 Å². The monoisotopic (exact) mass is 1020 g/mol. The van der Waals surface area contributed by atoms with E-state index in [9.17, 15) is 28.8 Å². The van der Waals surface area contributed by atoms with Crippen LogP contribution in [-0.2, 0) is 40.8 Å². The fraction of sp³-hybridized carbons (Fsp3) is 0.154. The molecule has 20 heteroatoms. The Kier molecular flexibility index (Phi) is 14.4. The number of nitrogens with one attached hydrogen (secondary N) is 3. The molecule has 0 bridgehead atoms. The highest BCUT2D eigenvalue weighted by Gasteiger charge is 2.55. The fourth-order valence-corrected chi connectivity index (χ4v) is 11.1. The zero-order valence-electron chi connectivity index (χ0n) is 38.2. The first-order chi connectivity index (χ1) is 35.0. The minimum atomic E-state index is -1.15. The number of nitrogens with two attached hydrogens (primary N) is 1. The lowest BCUT2D eigenvalue weighted by Gasteiger charge is -2.49. The molecule has 0 saturated carbocycles. The molecule has 0 aliphatic carbocycles. The molecule has 7 aromatic rings. The lowest BCUT2D eigenvalue weighted by molar-refractivity contribution is -0.154. The molecule has 0 radical (unpaired) electrons. The number of carbonyl (C=O) groups is 4. The van der Waals surface area contributed by atoms with Crippen molar-refractivity contribution in [2.24, 2.45) is 10.9 Å². The van der Waals surface area contributed by atoms with Crippen LogP contribution in [0, 0.1) is 0 Å². The predicted molar refractivity (Wildman–Crippen MR) is 276 cm³/mol. The standard InChI is InChI=1S/C52H43N9O8S3/c1-68-59-40(37-30-72-51(54-37)56-52(34-21-11-4-12-22-34,35-23-13-5-14-24-35)36-25-15-6-16-26-36)45(63)55-41-47(65)61-42(50(67)69-43(31-17-7-2-8-18-31)32-19-9-3-10-20-32)33(29-71-49(41)61)27-38(70)44-57-58-46(64)48(66)60(44)28-39(53)62/h2-26,30,41,43,49H,27-29H2,1H3,(H2,53,62)(H,54,56)(H,55,63)(H,58,64). The van der Waals surface area contributed by atoms with Gasteiger partial charge in [-0.3, -0.25) is 33.4 Å². The highest BCUT2D eigenvalue weighted by molar-refractivity contribution is 8.00. The number of nitrogens with zero attached hydrogens (tertiary/aromatic N) is 5. The molecule has 1 fully saturated rings. The van der Waals surface area contributed by atoms with E-state index in [1.54, 1.807) is 5.38 Å². The number of primary amides is 1. The highest BCUT2D eigenvalue weighted by atomic mass is 32.2. The number of thioether (sulfide) groups is 1. The second-order valence-corrected chi connectivity index (χ2v) is 18.8. The number of carbonyl (C=O) groups excluding carboxylic acids is 4. The Bertz CT molecular complexity index is 3220. The summed E-state index contributed by atoms with van der Waals surface area (Å²) in [6.45, 7) is -0.694. The van der Waals surface area contributed by atoms with Gasteiger partial charge in [-0.05, 0) is 33.4 Å². The van der Waals surface area contributed by atoms with E-state index in [-0.39, 0.29) is 40.0 Å². The van der Waals surface area contributed by atoms with E-state index in [2.05, 4.69) is 26.0 Å². The van der Waals surface area contributed by atoms with Crippen LogP contribution in [0.2, 0.25) is 0 Å². The number of rotatable bonds is 18. The Hall–Kier alpha value is -8.33. The minimum Gasteiger partial charge on any atom is -0.448 e. The Labute approximate surface area is 424 Å². The number of oxime groups is 1. The number of aromatic amines is 1. The number of ether oxygens (including phenoxy) is 1. The summed E-state index contributed by atoms with van der Waals surface area (Å²) in [6, 6.07) is 46.8. The maximum atomic E-state index is 14.8. The highest BCUT2D eigenvalue weighted by Crippen LogP contribution is 2.44. The number of benzene rings is 5. The third-order valence-corrected chi connectivity index (χ3v) is 14.3. The normalized spacial score (nSPS) is 15.6. The number of thiocarbonyl (C=S) groups is 1. The van der Waals surface area contributed by atoms with E-state index < -0.39 is 64.4 Å². The van der Waals surface area contributed by atoms with Gasteiger partial charge in [-0.1, -0.05) is 169 Å². The topological polar surface area (TPSA) is 233 Å². The van der Waals surface area contributed by atoms with Crippen molar-refractivity contribution >= 4 is 74.7 Å². The Morgan fingerprint density at radius 2 is 1.39 bits per heavy atom. The molecule has 2 aliphatic rings. The Balaban J connectivity index is 1.02. The van der Waals surface area contributed by atoms with E-state index in [1.807, 2.05) is 152 Å². The summed E-state index contributed by atoms with van der Waals surface area (Å²) in [7, 11) is 1.29. The van der Waals surface area contributed by atoms with Crippen LogP contribution < -0.4 is 27.5 Å². The maximum absolute atomic E-state index is 14.8. The van der Waals surface area contributed by atoms with E-state index in [1.165, 1.54) is 35.1 Å². The third kappa shape index (κ3) is 9.74. The molecule has 0 spiro atoms. The second-order valence-electron chi connectivity index (χ2n) is 16.4. The van der Waals surface area contributed by atoms with E-state index in [0.29, 0.717) is 21.8 Å². The molecule has 2 aliphatic heterocycles. The molecule has 3 amide bonds. The van der Waals surface area contributed by atoms with Crippen LogP contribution in [0.5, 0.6) is 0 Å². The lowest BCUT2D eigenvalue weighted by Crippen LogP contribution is -2.71. The molecule has 72 heavy (non-hydrogen) atoms. The van der Waals surface area contributed by atoms with Gasteiger partial charge in [-0.15, -0.1) is 23.1 Å². The number of anilines is 1. The van der Waals surface area contributed by atoms with Crippen molar-refractivity contribution in [3.63, 3.8) is 0 Å². The van der Waals surface area contributed by atoms with E-state index >= 15 is 0 Å². The first kappa shape index (κ1) is 48.7. The van der Waals surface area contributed by atoms with Gasteiger partial charge in [0.1, 0.15) is 42.0 Å². The SMILES string of the molecule is CON=C(C(=O)NC1C(=O)N2C(C(=O)OC(c3ccccc3)c3ccccc3)=C(CC(=S)c3n[nH]c(=O)c(=O)n3CC(N)=O)CSC12)c1csc(NC(c2ccccc2)(c2ccccc2)c2ccccc2)n1. The summed E-state index contributed by atoms with van der Waals surface area (Å²) in [6.07, 6.45) is -1.14. The number of thiazole rings is 1. The molecule has 9 rings (SSSR count). The van der Waals surface area contributed by atoms with Crippen molar-refractivity contribution in [1.29, 1.82) is 0 Å². The van der Waals surface area contributed by atoms with Gasteiger partial charge in [-0.25, -0.2) is 14.9 Å². The maximum Gasteiger partial charge on any atom is 0.356 e. The lowest BCUT2D eigenvalue weighted by atomic mass is 9.77. The molecule has 2 unspecified atom stereocenters. The van der Waals surface area contributed by atoms with Crippen molar-refractivity contribution in [3.05, 3.63) is 228 Å². The summed E-state index contributed by atoms with van der Waals surface area (Å²) in [4.78, 5) is 91.9. The van der Waals surface area contributed by atoms with Crippen molar-refractivity contribution in [2.75, 3.05) is 18.2 Å². The molecule has 4 heterocycles. The van der Waals surface area contributed by atoms with Gasteiger partial charge in [0.05, 0.1) is 4.86 Å². The summed E-state index contributed by atoms with van der Waals surface area (Å²) in [5, 5.41) is 17.9. The van der Waals surface area contributed by atoms with Crippen molar-refractivity contribution < 1.29 is 28.8 Å². The van der Waals surface area contributed by atoms with E-state index in [4.69, 9.17) is 32.5 Å². The van der Waals surface area contributed by atoms with Gasteiger partial charge in [0, 0.05) is 17.6 Å². The zero-order chi connectivity index (χ0) is 50.4. The molecule has 5 N–H and O–H groups in total. The number of amides is 3. The number of fused-ring (bicyclic) bond motifs is 1.